The van der Waals surface area contributed by atoms with Gasteiger partial charge in [0.2, 0.25) is 0 Å². The third-order valence-corrected chi connectivity index (χ3v) is 6.24. The number of aliphatic imine (C=N–C) groups is 1. The molecule has 1 aliphatic heterocycles. The smallest absolute Gasteiger partial charge is 0.137 e. The van der Waals surface area contributed by atoms with Crippen LogP contribution in [0.2, 0.25) is 0 Å². The number of aromatic nitrogens is 2. The molecule has 1 fully saturated rings. The predicted octanol–water partition coefficient (Wildman–Crippen LogP) is 3.18. The average molecular weight is 488 g/mol. The molecule has 1 unspecified atom stereocenters. The second-order valence-corrected chi connectivity index (χ2v) is 9.04. The molecule has 1 aliphatic rings. The first-order chi connectivity index (χ1) is 17.6. The van der Waals surface area contributed by atoms with Crippen LogP contribution >= 0.6 is 0 Å². The highest BCUT2D eigenvalue weighted by molar-refractivity contribution is 5.96. The SMILES string of the molecule is CN(C)CCOc1ccc(-c2c[nH]c3ncc(C(C=N)C=NCCN4CCOCC4)cc23)cc1C#N. The van der Waals surface area contributed by atoms with Crippen LogP contribution in [-0.4, -0.2) is 98.8 Å². The van der Waals surface area contributed by atoms with Gasteiger partial charge in [-0.1, -0.05) is 6.07 Å². The van der Waals surface area contributed by atoms with Crippen LogP contribution in [0.3, 0.4) is 0 Å². The summed E-state index contributed by atoms with van der Waals surface area (Å²) >= 11 is 0. The minimum Gasteiger partial charge on any atom is -0.491 e. The number of morpholine rings is 1. The molecule has 2 N–H and O–H groups in total. The molecule has 0 amide bonds. The summed E-state index contributed by atoms with van der Waals surface area (Å²) in [7, 11) is 3.97. The number of hydrogen-bond donors (Lipinski definition) is 2. The van der Waals surface area contributed by atoms with Crippen molar-refractivity contribution in [3.63, 3.8) is 0 Å². The van der Waals surface area contributed by atoms with E-state index in [4.69, 9.17) is 14.9 Å². The third-order valence-electron chi connectivity index (χ3n) is 6.24. The van der Waals surface area contributed by atoms with E-state index in [1.807, 2.05) is 55.7 Å². The molecule has 0 saturated carbocycles. The summed E-state index contributed by atoms with van der Waals surface area (Å²) in [5.41, 5.74) is 4.00. The lowest BCUT2D eigenvalue weighted by Gasteiger charge is -2.25. The molecule has 3 heterocycles. The zero-order chi connectivity index (χ0) is 25.3. The van der Waals surface area contributed by atoms with Crippen LogP contribution in [0.5, 0.6) is 5.75 Å². The van der Waals surface area contributed by atoms with Gasteiger partial charge in [0, 0.05) is 62.0 Å². The maximum Gasteiger partial charge on any atom is 0.137 e. The number of benzene rings is 1. The third kappa shape index (κ3) is 6.34. The molecule has 0 spiro atoms. The van der Waals surface area contributed by atoms with Gasteiger partial charge in [0.05, 0.1) is 31.2 Å². The zero-order valence-corrected chi connectivity index (χ0v) is 20.9. The number of aromatic amines is 1. The van der Waals surface area contributed by atoms with Crippen LogP contribution in [-0.2, 0) is 4.74 Å². The first-order valence-electron chi connectivity index (χ1n) is 12.2. The van der Waals surface area contributed by atoms with Crippen molar-refractivity contribution in [2.24, 2.45) is 4.99 Å². The Bertz CT molecular complexity index is 1240. The first-order valence-corrected chi connectivity index (χ1v) is 12.2. The Balaban J connectivity index is 1.51. The molecule has 3 aromatic rings. The van der Waals surface area contributed by atoms with Gasteiger partial charge in [-0.05, 0) is 43.4 Å². The first kappa shape index (κ1) is 25.5. The summed E-state index contributed by atoms with van der Waals surface area (Å²) in [6.45, 7) is 6.30. The highest BCUT2D eigenvalue weighted by atomic mass is 16.5. The number of pyridine rings is 1. The number of rotatable bonds is 11. The molecule has 1 atom stereocenters. The van der Waals surface area contributed by atoms with Gasteiger partial charge in [-0.3, -0.25) is 9.89 Å². The van der Waals surface area contributed by atoms with E-state index in [0.29, 0.717) is 24.5 Å². The Morgan fingerprint density at radius 3 is 2.92 bits per heavy atom. The van der Waals surface area contributed by atoms with E-state index in [1.165, 1.54) is 6.21 Å². The molecule has 188 valence electrons. The highest BCUT2D eigenvalue weighted by Gasteiger charge is 2.14. The van der Waals surface area contributed by atoms with Crippen LogP contribution in [0.25, 0.3) is 22.2 Å². The molecule has 2 aromatic heterocycles. The maximum absolute atomic E-state index is 9.69. The van der Waals surface area contributed by atoms with Crippen molar-refractivity contribution in [2.45, 2.75) is 5.92 Å². The summed E-state index contributed by atoms with van der Waals surface area (Å²) in [5.74, 6) is 0.329. The van der Waals surface area contributed by atoms with Gasteiger partial charge in [-0.15, -0.1) is 0 Å². The van der Waals surface area contributed by atoms with E-state index in [2.05, 4.69) is 25.9 Å². The lowest BCUT2D eigenvalue weighted by Crippen LogP contribution is -2.37. The van der Waals surface area contributed by atoms with Crippen molar-refractivity contribution < 1.29 is 9.47 Å². The number of H-pyrrole nitrogens is 1. The van der Waals surface area contributed by atoms with Crippen LogP contribution in [0, 0.1) is 16.7 Å². The maximum atomic E-state index is 9.69. The molecule has 36 heavy (non-hydrogen) atoms. The van der Waals surface area contributed by atoms with Crippen molar-refractivity contribution >= 4 is 23.5 Å². The van der Waals surface area contributed by atoms with Crippen molar-refractivity contribution in [2.75, 3.05) is 66.6 Å². The number of hydrogen-bond acceptors (Lipinski definition) is 8. The van der Waals surface area contributed by atoms with E-state index < -0.39 is 0 Å². The Morgan fingerprint density at radius 1 is 1.33 bits per heavy atom. The summed E-state index contributed by atoms with van der Waals surface area (Å²) in [6, 6.07) is 9.96. The van der Waals surface area contributed by atoms with Crippen LogP contribution in [0.4, 0.5) is 0 Å². The van der Waals surface area contributed by atoms with E-state index in [9.17, 15) is 5.26 Å². The Kier molecular flexibility index (Phi) is 8.79. The summed E-state index contributed by atoms with van der Waals surface area (Å²) in [6.07, 6.45) is 6.91. The number of ether oxygens (including phenoxy) is 2. The number of nitrogens with zero attached hydrogens (tertiary/aromatic N) is 5. The van der Waals surface area contributed by atoms with Crippen LogP contribution in [0.15, 0.2) is 41.7 Å². The van der Waals surface area contributed by atoms with Gasteiger partial charge >= 0.3 is 0 Å². The molecule has 0 bridgehead atoms. The fourth-order valence-corrected chi connectivity index (χ4v) is 4.13. The lowest BCUT2D eigenvalue weighted by molar-refractivity contribution is 0.0394. The predicted molar refractivity (Wildman–Crippen MR) is 142 cm³/mol. The van der Waals surface area contributed by atoms with Gasteiger partial charge in [0.1, 0.15) is 24.1 Å². The summed E-state index contributed by atoms with van der Waals surface area (Å²) in [4.78, 5) is 16.8. The molecule has 0 aliphatic carbocycles. The second-order valence-electron chi connectivity index (χ2n) is 9.04. The average Bonchev–Trinajstić information content (AvgIpc) is 3.32. The van der Waals surface area contributed by atoms with Gasteiger partial charge in [-0.2, -0.15) is 5.26 Å². The van der Waals surface area contributed by atoms with Gasteiger partial charge in [0.25, 0.3) is 0 Å². The standard InChI is InChI=1S/C27H33N7O2/c1-33(2)7-12-36-26-4-3-20(13-21(26)15-28)25-19-32-27-24(25)14-22(18-31-27)23(16-29)17-30-5-6-34-8-10-35-11-9-34/h3-4,13-14,16-19,23,29H,5-12H2,1-2H3,(H,31,32). The molecule has 1 saturated heterocycles. The molecule has 0 radical (unpaired) electrons. The van der Waals surface area contributed by atoms with E-state index in [0.717, 1.165) is 67.1 Å². The van der Waals surface area contributed by atoms with Crippen molar-refractivity contribution in [1.29, 1.82) is 10.7 Å². The van der Waals surface area contributed by atoms with Crippen molar-refractivity contribution in [3.05, 3.63) is 47.8 Å². The number of fused-ring (bicyclic) bond motifs is 1. The Labute approximate surface area is 211 Å². The minimum atomic E-state index is -0.253. The molecular formula is C27H33N7O2. The van der Waals surface area contributed by atoms with Gasteiger partial charge in [-0.25, -0.2) is 4.98 Å². The number of likely N-dealkylation sites (N-methyl/N-ethyl adjacent to an activating group) is 1. The Hall–Kier alpha value is -3.58. The quantitative estimate of drug-likeness (QED) is 0.402. The van der Waals surface area contributed by atoms with Crippen LogP contribution < -0.4 is 4.74 Å². The van der Waals surface area contributed by atoms with Crippen molar-refractivity contribution in [3.8, 4) is 22.9 Å². The molecule has 4 rings (SSSR count). The Morgan fingerprint density at radius 2 is 2.17 bits per heavy atom. The minimum absolute atomic E-state index is 0.253. The molecule has 1 aromatic carbocycles. The topological polar surface area (TPSA) is 114 Å². The summed E-state index contributed by atoms with van der Waals surface area (Å²) < 4.78 is 11.2. The molecule has 9 heteroatoms. The monoisotopic (exact) mass is 487 g/mol. The van der Waals surface area contributed by atoms with E-state index in [-0.39, 0.29) is 5.92 Å². The van der Waals surface area contributed by atoms with Crippen LogP contribution in [0.1, 0.15) is 17.0 Å². The molecule has 9 nitrogen and oxygen atoms in total. The molecular weight excluding hydrogens is 454 g/mol. The van der Waals surface area contributed by atoms with E-state index in [1.54, 1.807) is 6.20 Å². The fraction of sp³-hybridized carbons (Fsp3) is 0.407. The zero-order valence-electron chi connectivity index (χ0n) is 20.9. The normalized spacial score (nSPS) is 15.4. The van der Waals surface area contributed by atoms with E-state index >= 15 is 0 Å². The number of nitriles is 1. The largest absolute Gasteiger partial charge is 0.491 e. The van der Waals surface area contributed by atoms with Crippen molar-refractivity contribution in [1.82, 2.24) is 19.8 Å². The summed E-state index contributed by atoms with van der Waals surface area (Å²) in [5, 5.41) is 18.6. The van der Waals surface area contributed by atoms with Gasteiger partial charge in [0.15, 0.2) is 0 Å². The lowest BCUT2D eigenvalue weighted by atomic mass is 9.99. The fourth-order valence-electron chi connectivity index (χ4n) is 4.13. The van der Waals surface area contributed by atoms with Gasteiger partial charge < -0.3 is 24.8 Å². The second kappa shape index (κ2) is 12.4. The highest BCUT2D eigenvalue weighted by Crippen LogP contribution is 2.32. The number of nitrogens with one attached hydrogen (secondary N) is 2.